The molecule has 9 heteroatoms. The van der Waals surface area contributed by atoms with Gasteiger partial charge in [-0.25, -0.2) is 0 Å². The van der Waals surface area contributed by atoms with Gasteiger partial charge < -0.3 is 10.1 Å². The monoisotopic (exact) mass is 564 g/mol. The summed E-state index contributed by atoms with van der Waals surface area (Å²) in [5.41, 5.74) is 3.34. The lowest BCUT2D eigenvalue weighted by Gasteiger charge is -2.18. The number of ether oxygens (including phenoxy) is 1. The van der Waals surface area contributed by atoms with E-state index < -0.39 is 0 Å². The van der Waals surface area contributed by atoms with Gasteiger partial charge in [-0.2, -0.15) is 5.10 Å². The Bertz CT molecular complexity index is 1140. The van der Waals surface area contributed by atoms with Gasteiger partial charge in [0.05, 0.1) is 16.4 Å². The Kier molecular flexibility index (Phi) is 8.53. The molecule has 2 heterocycles. The molecular weight excluding hydrogens is 539 g/mol. The lowest BCUT2D eigenvalue weighted by atomic mass is 10.1. The predicted octanol–water partition coefficient (Wildman–Crippen LogP) is 6.20. The predicted molar refractivity (Wildman–Crippen MR) is 141 cm³/mol. The largest absolute Gasteiger partial charge is 0.492 e. The minimum atomic E-state index is -0.0938. The van der Waals surface area contributed by atoms with E-state index in [4.69, 9.17) is 27.9 Å². The van der Waals surface area contributed by atoms with E-state index in [0.29, 0.717) is 35.2 Å². The van der Waals surface area contributed by atoms with Gasteiger partial charge in [0, 0.05) is 41.3 Å². The van der Waals surface area contributed by atoms with E-state index in [2.05, 4.69) is 31.2 Å². The molecule has 1 aliphatic rings. The number of amides is 1. The number of benzene rings is 2. The van der Waals surface area contributed by atoms with Crippen molar-refractivity contribution in [1.82, 2.24) is 14.7 Å². The highest BCUT2D eigenvalue weighted by Gasteiger charge is 2.17. The van der Waals surface area contributed by atoms with Gasteiger partial charge in [-0.05, 0) is 84.2 Å². The highest BCUT2D eigenvalue weighted by atomic mass is 79.9. The molecule has 0 radical (unpaired) electrons. The molecular formula is C25H27BrCl2N4O2. The van der Waals surface area contributed by atoms with E-state index in [9.17, 15) is 4.79 Å². The highest BCUT2D eigenvalue weighted by Crippen LogP contribution is 2.37. The van der Waals surface area contributed by atoms with Crippen molar-refractivity contribution in [2.75, 3.05) is 31.6 Å². The van der Waals surface area contributed by atoms with Crippen LogP contribution in [0.5, 0.6) is 5.75 Å². The average Bonchev–Trinajstić information content (AvgIpc) is 3.43. The Labute approximate surface area is 218 Å². The summed E-state index contributed by atoms with van der Waals surface area (Å²) >= 11 is 15.8. The van der Waals surface area contributed by atoms with Crippen LogP contribution in [0.1, 0.15) is 24.8 Å². The standard InChI is InChI=1S/C25H27BrCl2N4O2/c1-31-25(21(26)16-29-31)20-15-19(7-8-23(20)34-13-12-32-10-2-3-11-32)30-24(33)9-5-17-4-6-18(27)14-22(17)28/h4,6-8,14-16H,2-3,5,9-13H2,1H3,(H,30,33). The number of aryl methyl sites for hydroxylation is 2. The van der Waals surface area contributed by atoms with Crippen LogP contribution in [0.25, 0.3) is 11.3 Å². The third kappa shape index (κ3) is 6.33. The Morgan fingerprint density at radius 3 is 2.68 bits per heavy atom. The maximum Gasteiger partial charge on any atom is 0.224 e. The topological polar surface area (TPSA) is 59.4 Å². The van der Waals surface area contributed by atoms with E-state index in [1.807, 2.05) is 31.3 Å². The SMILES string of the molecule is Cn1ncc(Br)c1-c1cc(NC(=O)CCc2ccc(Cl)cc2Cl)ccc1OCCN1CCCC1. The molecule has 0 saturated carbocycles. The Balaban J connectivity index is 1.46. The fraction of sp³-hybridized carbons (Fsp3) is 0.360. The molecule has 0 unspecified atom stereocenters. The number of hydrogen-bond acceptors (Lipinski definition) is 4. The molecule has 1 aromatic heterocycles. The van der Waals surface area contributed by atoms with Crippen molar-refractivity contribution < 1.29 is 9.53 Å². The van der Waals surface area contributed by atoms with Crippen LogP contribution in [0, 0.1) is 0 Å². The lowest BCUT2D eigenvalue weighted by molar-refractivity contribution is -0.116. The van der Waals surface area contributed by atoms with Gasteiger partial charge in [0.25, 0.3) is 0 Å². The number of halogens is 3. The number of carbonyl (C=O) groups is 1. The summed E-state index contributed by atoms with van der Waals surface area (Å²) < 4.78 is 8.83. The van der Waals surface area contributed by atoms with Crippen molar-refractivity contribution in [3.63, 3.8) is 0 Å². The molecule has 1 N–H and O–H groups in total. The Morgan fingerprint density at radius 1 is 1.18 bits per heavy atom. The zero-order chi connectivity index (χ0) is 24.1. The van der Waals surface area contributed by atoms with Crippen LogP contribution in [0.15, 0.2) is 47.1 Å². The van der Waals surface area contributed by atoms with Crippen molar-refractivity contribution in [2.45, 2.75) is 25.7 Å². The molecule has 1 saturated heterocycles. The molecule has 1 amide bonds. The molecule has 0 spiro atoms. The summed E-state index contributed by atoms with van der Waals surface area (Å²) in [6, 6.07) is 11.0. The first-order chi connectivity index (χ1) is 16.4. The first-order valence-electron chi connectivity index (χ1n) is 11.3. The number of hydrogen-bond donors (Lipinski definition) is 1. The van der Waals surface area contributed by atoms with Crippen LogP contribution >= 0.6 is 39.1 Å². The first kappa shape index (κ1) is 25.0. The molecule has 4 rings (SSSR count). The molecule has 0 aliphatic carbocycles. The summed E-state index contributed by atoms with van der Waals surface area (Å²) in [7, 11) is 1.88. The summed E-state index contributed by atoms with van der Waals surface area (Å²) in [5.74, 6) is 0.665. The maximum absolute atomic E-state index is 12.7. The number of rotatable bonds is 9. The van der Waals surface area contributed by atoms with E-state index in [0.717, 1.165) is 46.7 Å². The van der Waals surface area contributed by atoms with E-state index in [-0.39, 0.29) is 5.91 Å². The van der Waals surface area contributed by atoms with Gasteiger partial charge in [-0.15, -0.1) is 0 Å². The van der Waals surface area contributed by atoms with Crippen molar-refractivity contribution >= 4 is 50.7 Å². The number of aromatic nitrogens is 2. The third-order valence-electron chi connectivity index (χ3n) is 5.91. The zero-order valence-electron chi connectivity index (χ0n) is 19.0. The molecule has 3 aromatic rings. The van der Waals surface area contributed by atoms with Gasteiger partial charge in [0.15, 0.2) is 0 Å². The van der Waals surface area contributed by atoms with Gasteiger partial charge in [0.1, 0.15) is 12.4 Å². The Morgan fingerprint density at radius 2 is 1.97 bits per heavy atom. The van der Waals surface area contributed by atoms with E-state index in [1.165, 1.54) is 12.8 Å². The fourth-order valence-corrected chi connectivity index (χ4v) is 5.18. The van der Waals surface area contributed by atoms with E-state index >= 15 is 0 Å². The minimum Gasteiger partial charge on any atom is -0.492 e. The first-order valence-corrected chi connectivity index (χ1v) is 12.9. The fourth-order valence-electron chi connectivity index (χ4n) is 4.12. The average molecular weight is 566 g/mol. The molecule has 6 nitrogen and oxygen atoms in total. The second-order valence-corrected chi connectivity index (χ2v) is 10.1. The molecule has 180 valence electrons. The van der Waals surface area contributed by atoms with Crippen LogP contribution in [0.3, 0.4) is 0 Å². The third-order valence-corrected chi connectivity index (χ3v) is 7.08. The normalized spacial score (nSPS) is 13.9. The molecule has 34 heavy (non-hydrogen) atoms. The van der Waals surface area contributed by atoms with Crippen molar-refractivity contribution in [3.8, 4) is 17.0 Å². The molecule has 0 bridgehead atoms. The zero-order valence-corrected chi connectivity index (χ0v) is 22.1. The van der Waals surface area contributed by atoms with Crippen LogP contribution in [-0.4, -0.2) is 46.8 Å². The van der Waals surface area contributed by atoms with Crippen molar-refractivity contribution in [1.29, 1.82) is 0 Å². The summed E-state index contributed by atoms with van der Waals surface area (Å²) in [6.45, 7) is 3.78. The number of carbonyl (C=O) groups excluding carboxylic acids is 1. The number of nitrogens with zero attached hydrogens (tertiary/aromatic N) is 3. The molecule has 1 aliphatic heterocycles. The minimum absolute atomic E-state index is 0.0938. The van der Waals surface area contributed by atoms with Gasteiger partial charge in [0.2, 0.25) is 5.91 Å². The quantitative estimate of drug-likeness (QED) is 0.335. The van der Waals surface area contributed by atoms with Gasteiger partial charge in [-0.3, -0.25) is 14.4 Å². The van der Waals surface area contributed by atoms with Crippen LogP contribution in [0.2, 0.25) is 10.0 Å². The summed E-state index contributed by atoms with van der Waals surface area (Å²) in [5, 5.41) is 8.48. The van der Waals surface area contributed by atoms with Gasteiger partial charge >= 0.3 is 0 Å². The van der Waals surface area contributed by atoms with E-state index in [1.54, 1.807) is 23.0 Å². The number of anilines is 1. The Hall–Kier alpha value is -2.06. The highest BCUT2D eigenvalue weighted by molar-refractivity contribution is 9.10. The lowest BCUT2D eigenvalue weighted by Crippen LogP contribution is -2.25. The number of likely N-dealkylation sites (tertiary alicyclic amines) is 1. The number of nitrogens with one attached hydrogen (secondary N) is 1. The second-order valence-electron chi connectivity index (χ2n) is 8.36. The van der Waals surface area contributed by atoms with Crippen molar-refractivity contribution in [3.05, 3.63) is 62.7 Å². The summed E-state index contributed by atoms with van der Waals surface area (Å²) in [6.07, 6.45) is 5.10. The van der Waals surface area contributed by atoms with Gasteiger partial charge in [-0.1, -0.05) is 29.3 Å². The summed E-state index contributed by atoms with van der Waals surface area (Å²) in [4.78, 5) is 15.1. The van der Waals surface area contributed by atoms with Crippen LogP contribution in [0.4, 0.5) is 5.69 Å². The second kappa shape index (κ2) is 11.6. The van der Waals surface area contributed by atoms with Crippen LogP contribution in [-0.2, 0) is 18.3 Å². The molecule has 2 aromatic carbocycles. The molecule has 1 fully saturated rings. The smallest absolute Gasteiger partial charge is 0.224 e. The van der Waals surface area contributed by atoms with Crippen LogP contribution < -0.4 is 10.1 Å². The molecule has 0 atom stereocenters. The van der Waals surface area contributed by atoms with Crippen molar-refractivity contribution in [2.24, 2.45) is 7.05 Å². The maximum atomic E-state index is 12.7.